The van der Waals surface area contributed by atoms with Crippen molar-refractivity contribution in [2.45, 2.75) is 32.6 Å². The van der Waals surface area contributed by atoms with Gasteiger partial charge in [-0.2, -0.15) is 11.3 Å². The van der Waals surface area contributed by atoms with Crippen LogP contribution in [0.25, 0.3) is 0 Å². The summed E-state index contributed by atoms with van der Waals surface area (Å²) in [5, 5.41) is 5.92. The monoisotopic (exact) mass is 359 g/mol. The molecular weight excluding hydrogens is 338 g/mol. The fourth-order valence-electron chi connectivity index (χ4n) is 2.11. The van der Waals surface area contributed by atoms with Gasteiger partial charge in [0.25, 0.3) is 11.8 Å². The van der Waals surface area contributed by atoms with Gasteiger partial charge >= 0.3 is 5.97 Å². The van der Waals surface area contributed by atoms with Crippen LogP contribution in [0, 0.1) is 0 Å². The van der Waals surface area contributed by atoms with Crippen molar-refractivity contribution in [2.24, 2.45) is 0 Å². The molecule has 2 aromatic rings. The largest absolute Gasteiger partial charge is 0.455 e. The molecule has 5 nitrogen and oxygen atoms in total. The van der Waals surface area contributed by atoms with E-state index in [2.05, 4.69) is 26.1 Å². The van der Waals surface area contributed by atoms with E-state index in [0.717, 1.165) is 11.1 Å². The summed E-state index contributed by atoms with van der Waals surface area (Å²) in [5.74, 6) is -1.67. The molecule has 6 heteroatoms. The number of hydrogen-bond acceptors (Lipinski definition) is 5. The van der Waals surface area contributed by atoms with E-state index in [1.807, 2.05) is 29.0 Å². The first-order chi connectivity index (χ1) is 11.8. The number of carbonyl (C=O) groups is 3. The maximum Gasteiger partial charge on any atom is 0.310 e. The van der Waals surface area contributed by atoms with E-state index in [-0.39, 0.29) is 11.8 Å². The molecule has 0 aliphatic heterocycles. The van der Waals surface area contributed by atoms with Gasteiger partial charge in [-0.1, -0.05) is 32.9 Å². The number of thiophene rings is 1. The summed E-state index contributed by atoms with van der Waals surface area (Å²) in [5.41, 5.74) is 2.30. The highest BCUT2D eigenvalue weighted by Crippen LogP contribution is 2.22. The molecule has 0 fully saturated rings. The molecule has 0 saturated carbocycles. The summed E-state index contributed by atoms with van der Waals surface area (Å²) in [6.45, 7) is 5.76. The van der Waals surface area contributed by atoms with Crippen molar-refractivity contribution < 1.29 is 19.1 Å². The molecule has 0 radical (unpaired) electrons. The molecule has 0 bridgehead atoms. The van der Waals surface area contributed by atoms with Crippen molar-refractivity contribution in [3.8, 4) is 0 Å². The van der Waals surface area contributed by atoms with Crippen molar-refractivity contribution in [3.05, 3.63) is 57.8 Å². The summed E-state index contributed by atoms with van der Waals surface area (Å²) < 4.78 is 4.88. The molecule has 2 rings (SSSR count). The zero-order chi connectivity index (χ0) is 18.4. The van der Waals surface area contributed by atoms with E-state index in [9.17, 15) is 14.4 Å². The van der Waals surface area contributed by atoms with Gasteiger partial charge < -0.3 is 4.74 Å². The Bertz CT molecular complexity index is 743. The molecule has 0 atom stereocenters. The van der Waals surface area contributed by atoms with Gasteiger partial charge in [0.15, 0.2) is 6.61 Å². The van der Waals surface area contributed by atoms with Gasteiger partial charge in [0.05, 0.1) is 6.42 Å². The van der Waals surface area contributed by atoms with Crippen molar-refractivity contribution in [1.29, 1.82) is 0 Å². The Morgan fingerprint density at radius 2 is 1.76 bits per heavy atom. The van der Waals surface area contributed by atoms with Gasteiger partial charge in [-0.05, 0) is 45.5 Å². The lowest BCUT2D eigenvalue weighted by atomic mass is 9.87. The number of benzene rings is 1. The molecule has 0 aliphatic carbocycles. The van der Waals surface area contributed by atoms with Crippen LogP contribution in [-0.2, 0) is 26.2 Å². The predicted octanol–water partition coefficient (Wildman–Crippen LogP) is 3.09. The zero-order valence-corrected chi connectivity index (χ0v) is 15.3. The second-order valence-corrected chi connectivity index (χ2v) is 7.45. The minimum absolute atomic E-state index is 0.0124. The SMILES string of the molecule is CC(C)(C)c1ccc(C(=O)NC(=O)COC(=O)Cc2ccsc2)cc1. The fraction of sp³-hybridized carbons (Fsp3) is 0.316. The van der Waals surface area contributed by atoms with Crippen LogP contribution in [0.1, 0.15) is 42.3 Å². The Hall–Kier alpha value is -2.47. The molecule has 0 spiro atoms. The summed E-state index contributed by atoms with van der Waals surface area (Å²) >= 11 is 1.48. The highest BCUT2D eigenvalue weighted by atomic mass is 32.1. The molecule has 1 N–H and O–H groups in total. The van der Waals surface area contributed by atoms with Crippen LogP contribution < -0.4 is 5.32 Å². The minimum Gasteiger partial charge on any atom is -0.455 e. The smallest absolute Gasteiger partial charge is 0.310 e. The summed E-state index contributed by atoms with van der Waals surface area (Å²) in [7, 11) is 0. The third-order valence-corrected chi connectivity index (χ3v) is 4.29. The number of imide groups is 1. The van der Waals surface area contributed by atoms with Crippen LogP contribution in [0.5, 0.6) is 0 Å². The Morgan fingerprint density at radius 3 is 2.32 bits per heavy atom. The van der Waals surface area contributed by atoms with Gasteiger partial charge in [0.2, 0.25) is 0 Å². The van der Waals surface area contributed by atoms with Gasteiger partial charge in [-0.25, -0.2) is 0 Å². The molecule has 2 amide bonds. The van der Waals surface area contributed by atoms with E-state index in [1.54, 1.807) is 12.1 Å². The van der Waals surface area contributed by atoms with Crippen LogP contribution in [0.4, 0.5) is 0 Å². The van der Waals surface area contributed by atoms with Gasteiger partial charge in [-0.3, -0.25) is 19.7 Å². The standard InChI is InChI=1S/C19H21NO4S/c1-19(2,3)15-6-4-14(5-7-15)18(23)20-16(21)11-24-17(22)10-13-8-9-25-12-13/h4-9,12H,10-11H2,1-3H3,(H,20,21,23). The van der Waals surface area contributed by atoms with Crippen molar-refractivity contribution in [2.75, 3.05) is 6.61 Å². The van der Waals surface area contributed by atoms with Gasteiger partial charge in [-0.15, -0.1) is 0 Å². The summed E-state index contributed by atoms with van der Waals surface area (Å²) in [4.78, 5) is 35.4. The highest BCUT2D eigenvalue weighted by molar-refractivity contribution is 7.07. The molecule has 1 aromatic carbocycles. The van der Waals surface area contributed by atoms with Crippen molar-refractivity contribution in [3.63, 3.8) is 0 Å². The van der Waals surface area contributed by atoms with E-state index in [1.165, 1.54) is 11.3 Å². The van der Waals surface area contributed by atoms with Gasteiger partial charge in [0.1, 0.15) is 0 Å². The Balaban J connectivity index is 1.81. The maximum atomic E-state index is 12.0. The normalized spacial score (nSPS) is 11.0. The summed E-state index contributed by atoms with van der Waals surface area (Å²) in [6, 6.07) is 8.88. The number of esters is 1. The predicted molar refractivity (Wildman–Crippen MR) is 96.6 cm³/mol. The third-order valence-electron chi connectivity index (χ3n) is 3.56. The molecule has 0 aliphatic rings. The Labute approximate surface area is 151 Å². The van der Waals surface area contributed by atoms with Crippen molar-refractivity contribution >= 4 is 29.1 Å². The number of rotatable bonds is 5. The fourth-order valence-corrected chi connectivity index (χ4v) is 2.78. The van der Waals surface area contributed by atoms with Gasteiger partial charge in [0, 0.05) is 5.56 Å². The number of carbonyl (C=O) groups excluding carboxylic acids is 3. The molecule has 1 heterocycles. The zero-order valence-electron chi connectivity index (χ0n) is 14.5. The third kappa shape index (κ3) is 5.83. The van der Waals surface area contributed by atoms with Crippen LogP contribution in [0.3, 0.4) is 0 Å². The van der Waals surface area contributed by atoms with Crippen molar-refractivity contribution in [1.82, 2.24) is 5.32 Å². The minimum atomic E-state index is -0.649. The summed E-state index contributed by atoms with van der Waals surface area (Å²) in [6.07, 6.45) is 0.110. The van der Waals surface area contributed by atoms with Crippen LogP contribution in [0.15, 0.2) is 41.1 Å². The molecule has 132 valence electrons. The van der Waals surface area contributed by atoms with Crippen LogP contribution in [0.2, 0.25) is 0 Å². The van der Waals surface area contributed by atoms with E-state index in [4.69, 9.17) is 4.74 Å². The lowest BCUT2D eigenvalue weighted by molar-refractivity contribution is -0.147. The number of amides is 2. The van der Waals surface area contributed by atoms with Crippen LogP contribution in [-0.4, -0.2) is 24.4 Å². The number of hydrogen-bond donors (Lipinski definition) is 1. The molecule has 0 saturated heterocycles. The first kappa shape index (κ1) is 18.9. The van der Waals surface area contributed by atoms with E-state index >= 15 is 0 Å². The number of ether oxygens (including phenoxy) is 1. The number of nitrogens with one attached hydrogen (secondary N) is 1. The van der Waals surface area contributed by atoms with Crippen LogP contribution >= 0.6 is 11.3 Å². The highest BCUT2D eigenvalue weighted by Gasteiger charge is 2.16. The maximum absolute atomic E-state index is 12.0. The molecule has 0 unspecified atom stereocenters. The average Bonchev–Trinajstić information content (AvgIpc) is 3.05. The molecule has 1 aromatic heterocycles. The Morgan fingerprint density at radius 1 is 1.08 bits per heavy atom. The first-order valence-electron chi connectivity index (χ1n) is 7.87. The molecule has 25 heavy (non-hydrogen) atoms. The second-order valence-electron chi connectivity index (χ2n) is 6.67. The first-order valence-corrected chi connectivity index (χ1v) is 8.81. The topological polar surface area (TPSA) is 72.5 Å². The quantitative estimate of drug-likeness (QED) is 0.833. The average molecular weight is 359 g/mol. The molecular formula is C19H21NO4S. The second kappa shape index (κ2) is 8.07. The Kier molecular flexibility index (Phi) is 6.09. The van der Waals surface area contributed by atoms with E-state index in [0.29, 0.717) is 5.56 Å². The lowest BCUT2D eigenvalue weighted by Crippen LogP contribution is -2.34. The van der Waals surface area contributed by atoms with E-state index < -0.39 is 24.4 Å². The lowest BCUT2D eigenvalue weighted by Gasteiger charge is -2.18.